The summed E-state index contributed by atoms with van der Waals surface area (Å²) in [5.41, 5.74) is 3.76. The fraction of sp³-hybridized carbons (Fsp3) is 0. The van der Waals surface area contributed by atoms with Gasteiger partial charge in [0.2, 0.25) is 0 Å². The summed E-state index contributed by atoms with van der Waals surface area (Å²) < 4.78 is 5.15. The molecule has 0 aliphatic rings. The number of rotatable bonds is 1. The van der Waals surface area contributed by atoms with E-state index in [2.05, 4.69) is 120 Å². The number of fused-ring (bicyclic) bond motifs is 11. The van der Waals surface area contributed by atoms with Crippen molar-refractivity contribution in [2.75, 3.05) is 0 Å². The number of para-hydroxylation sites is 1. The van der Waals surface area contributed by atoms with Crippen LogP contribution in [0, 0.1) is 0 Å². The number of benzene rings is 6. The summed E-state index contributed by atoms with van der Waals surface area (Å²) in [6.07, 6.45) is 0. The molecule has 158 valence electrons. The van der Waals surface area contributed by atoms with Gasteiger partial charge in [-0.15, -0.1) is 11.3 Å². The van der Waals surface area contributed by atoms with Crippen LogP contribution in [-0.4, -0.2) is 4.57 Å². The fourth-order valence-corrected chi connectivity index (χ4v) is 6.85. The fourth-order valence-electron chi connectivity index (χ4n) is 5.74. The van der Waals surface area contributed by atoms with Crippen molar-refractivity contribution in [3.05, 3.63) is 115 Å². The van der Waals surface area contributed by atoms with Crippen LogP contribution >= 0.6 is 11.3 Å². The molecule has 0 amide bonds. The minimum atomic E-state index is 1.20. The van der Waals surface area contributed by atoms with Gasteiger partial charge in [-0.3, -0.25) is 0 Å². The summed E-state index contributed by atoms with van der Waals surface area (Å²) in [7, 11) is 0. The lowest BCUT2D eigenvalue weighted by molar-refractivity contribution is 1.19. The van der Waals surface area contributed by atoms with E-state index in [1.54, 1.807) is 0 Å². The molecule has 0 atom stereocenters. The van der Waals surface area contributed by atoms with Crippen molar-refractivity contribution >= 4 is 74.9 Å². The second-order valence-electron chi connectivity index (χ2n) is 8.95. The summed E-state index contributed by atoms with van der Waals surface area (Å²) in [6.45, 7) is 0. The molecule has 0 fully saturated rings. The molecule has 6 aromatic carbocycles. The number of hydrogen-bond donors (Lipinski definition) is 0. The van der Waals surface area contributed by atoms with E-state index in [1.165, 1.54) is 69.2 Å². The smallest absolute Gasteiger partial charge is 0.0634 e. The maximum Gasteiger partial charge on any atom is 0.0634 e. The topological polar surface area (TPSA) is 4.93 Å². The zero-order valence-electron chi connectivity index (χ0n) is 18.3. The lowest BCUT2D eigenvalue weighted by atomic mass is 9.98. The van der Waals surface area contributed by atoms with Gasteiger partial charge in [0.25, 0.3) is 0 Å². The molecule has 2 aromatic heterocycles. The zero-order valence-corrected chi connectivity index (χ0v) is 19.1. The summed E-state index contributed by atoms with van der Waals surface area (Å²) in [5, 5.41) is 10.6. The molecule has 34 heavy (non-hydrogen) atoms. The molecule has 0 aliphatic heterocycles. The average Bonchev–Trinajstić information content (AvgIpc) is 3.44. The Morgan fingerprint density at radius 1 is 0.441 bits per heavy atom. The van der Waals surface area contributed by atoms with E-state index in [4.69, 9.17) is 0 Å². The quantitative estimate of drug-likeness (QED) is 0.220. The second kappa shape index (κ2) is 6.69. The number of aromatic nitrogens is 1. The minimum absolute atomic E-state index is 1.20. The van der Waals surface area contributed by atoms with E-state index in [9.17, 15) is 0 Å². The third-order valence-electron chi connectivity index (χ3n) is 7.17. The van der Waals surface area contributed by atoms with Crippen LogP contribution in [0.3, 0.4) is 0 Å². The van der Waals surface area contributed by atoms with Gasteiger partial charge in [0.15, 0.2) is 0 Å². The molecule has 0 aliphatic carbocycles. The van der Waals surface area contributed by atoms with E-state index in [0.29, 0.717) is 0 Å². The van der Waals surface area contributed by atoms with Gasteiger partial charge in [0, 0.05) is 36.6 Å². The van der Waals surface area contributed by atoms with Gasteiger partial charge in [-0.25, -0.2) is 0 Å². The van der Waals surface area contributed by atoms with Crippen LogP contribution in [0.25, 0.3) is 69.2 Å². The second-order valence-corrected chi connectivity index (χ2v) is 10.0. The van der Waals surface area contributed by atoms with Crippen LogP contribution in [0.4, 0.5) is 0 Å². The van der Waals surface area contributed by atoms with Crippen molar-refractivity contribution in [3.63, 3.8) is 0 Å². The van der Waals surface area contributed by atoms with Crippen LogP contribution in [-0.2, 0) is 0 Å². The first kappa shape index (κ1) is 18.3. The Bertz CT molecular complexity index is 2060. The monoisotopic (exact) mass is 449 g/mol. The van der Waals surface area contributed by atoms with E-state index in [-0.39, 0.29) is 0 Å². The normalized spacial score (nSPS) is 12.1. The van der Waals surface area contributed by atoms with Crippen LogP contribution in [0.1, 0.15) is 0 Å². The van der Waals surface area contributed by atoms with Crippen molar-refractivity contribution in [2.24, 2.45) is 0 Å². The molecule has 0 N–H and O–H groups in total. The van der Waals surface area contributed by atoms with Crippen molar-refractivity contribution in [1.29, 1.82) is 0 Å². The zero-order chi connectivity index (χ0) is 22.2. The first-order chi connectivity index (χ1) is 16.9. The van der Waals surface area contributed by atoms with Crippen LogP contribution < -0.4 is 0 Å². The van der Waals surface area contributed by atoms with Gasteiger partial charge < -0.3 is 4.57 Å². The third kappa shape index (κ3) is 2.33. The van der Waals surface area contributed by atoms with Crippen LogP contribution in [0.15, 0.2) is 115 Å². The average molecular weight is 450 g/mol. The highest BCUT2D eigenvalue weighted by molar-refractivity contribution is 7.26. The summed E-state index contributed by atoms with van der Waals surface area (Å²) in [5.74, 6) is 0. The van der Waals surface area contributed by atoms with Gasteiger partial charge in [-0.2, -0.15) is 0 Å². The van der Waals surface area contributed by atoms with Gasteiger partial charge >= 0.3 is 0 Å². The van der Waals surface area contributed by atoms with Gasteiger partial charge in [-0.1, -0.05) is 84.9 Å². The highest BCUT2D eigenvalue weighted by Gasteiger charge is 2.19. The van der Waals surface area contributed by atoms with Gasteiger partial charge in [0.1, 0.15) is 0 Å². The van der Waals surface area contributed by atoms with Gasteiger partial charge in [-0.05, 0) is 51.9 Å². The first-order valence-electron chi connectivity index (χ1n) is 11.6. The van der Waals surface area contributed by atoms with Crippen LogP contribution in [0.2, 0.25) is 0 Å². The Morgan fingerprint density at radius 3 is 2.09 bits per heavy atom. The Balaban J connectivity index is 1.68. The Hall–Kier alpha value is -4.14. The predicted octanol–water partition coefficient (Wildman–Crippen LogP) is 9.46. The lowest BCUT2D eigenvalue weighted by Crippen LogP contribution is -1.93. The standard InChI is InChI=1S/C32H19NS/c1-2-9-21(10-3-1)33-27-18-16-23-22-11-5-4-8-20(22)14-15-24(23)30(27)26-17-19-29-31(32(26)33)25-12-6-7-13-28(25)34-29/h1-19H. The van der Waals surface area contributed by atoms with E-state index >= 15 is 0 Å². The summed E-state index contributed by atoms with van der Waals surface area (Å²) in [6, 6.07) is 42.2. The van der Waals surface area contributed by atoms with Crippen molar-refractivity contribution < 1.29 is 0 Å². The molecule has 0 saturated heterocycles. The van der Waals surface area contributed by atoms with Gasteiger partial charge in [0.05, 0.1) is 11.0 Å². The summed E-state index contributed by atoms with van der Waals surface area (Å²) in [4.78, 5) is 0. The Labute approximate surface area is 200 Å². The molecule has 1 nitrogen and oxygen atoms in total. The Morgan fingerprint density at radius 2 is 1.18 bits per heavy atom. The molecule has 8 aromatic rings. The largest absolute Gasteiger partial charge is 0.309 e. The molecule has 0 unspecified atom stereocenters. The van der Waals surface area contributed by atoms with Crippen molar-refractivity contribution in [3.8, 4) is 5.69 Å². The molecule has 0 radical (unpaired) electrons. The lowest BCUT2D eigenvalue weighted by Gasteiger charge is -2.09. The van der Waals surface area contributed by atoms with Crippen LogP contribution in [0.5, 0.6) is 0 Å². The number of hydrogen-bond acceptors (Lipinski definition) is 1. The molecule has 2 heterocycles. The number of nitrogens with zero attached hydrogens (tertiary/aromatic N) is 1. The minimum Gasteiger partial charge on any atom is -0.309 e. The number of thiophene rings is 1. The maximum atomic E-state index is 2.47. The molecule has 0 saturated carbocycles. The maximum absolute atomic E-state index is 2.47. The predicted molar refractivity (Wildman–Crippen MR) is 149 cm³/mol. The first-order valence-corrected chi connectivity index (χ1v) is 12.4. The van der Waals surface area contributed by atoms with Crippen molar-refractivity contribution in [2.45, 2.75) is 0 Å². The molecule has 0 spiro atoms. The SMILES string of the molecule is c1ccc(-n2c3ccc4c5ccccc5ccc4c3c3ccc4sc5ccccc5c4c32)cc1. The van der Waals surface area contributed by atoms with E-state index in [0.717, 1.165) is 0 Å². The molecular formula is C32H19NS. The molecule has 0 bridgehead atoms. The Kier molecular flexibility index (Phi) is 3.60. The highest BCUT2D eigenvalue weighted by atomic mass is 32.1. The third-order valence-corrected chi connectivity index (χ3v) is 8.30. The summed E-state index contributed by atoms with van der Waals surface area (Å²) >= 11 is 1.88. The van der Waals surface area contributed by atoms with Crippen molar-refractivity contribution in [1.82, 2.24) is 4.57 Å². The highest BCUT2D eigenvalue weighted by Crippen LogP contribution is 2.45. The van der Waals surface area contributed by atoms with E-state index in [1.807, 2.05) is 11.3 Å². The molecule has 2 heteroatoms. The molecule has 8 rings (SSSR count). The molecular weight excluding hydrogens is 430 g/mol. The van der Waals surface area contributed by atoms with E-state index < -0.39 is 0 Å².